The molecule has 158 valence electrons. The van der Waals surface area contributed by atoms with Crippen LogP contribution in [0.3, 0.4) is 0 Å². The average Bonchev–Trinajstić information content (AvgIpc) is 3.27. The van der Waals surface area contributed by atoms with E-state index in [1.165, 1.54) is 19.0 Å². The zero-order valence-corrected chi connectivity index (χ0v) is 17.0. The molecule has 30 heavy (non-hydrogen) atoms. The molecular formula is C21H27N7O2. The summed E-state index contributed by atoms with van der Waals surface area (Å²) in [5.41, 5.74) is 9.58. The number of fused-ring (bicyclic) bond motifs is 1. The number of rotatable bonds is 9. The second-order valence-corrected chi connectivity index (χ2v) is 7.61. The lowest BCUT2D eigenvalue weighted by Gasteiger charge is -2.14. The van der Waals surface area contributed by atoms with Gasteiger partial charge < -0.3 is 15.9 Å². The maximum absolute atomic E-state index is 9.48. The topological polar surface area (TPSA) is 127 Å². The van der Waals surface area contributed by atoms with Gasteiger partial charge in [-0.2, -0.15) is 10.2 Å². The van der Waals surface area contributed by atoms with Crippen LogP contribution in [0.15, 0.2) is 42.0 Å². The first-order valence-corrected chi connectivity index (χ1v) is 10.2. The van der Waals surface area contributed by atoms with E-state index in [1.807, 2.05) is 12.3 Å². The number of hydrogen-bond acceptors (Lipinski definition) is 7. The van der Waals surface area contributed by atoms with Gasteiger partial charge in [0, 0.05) is 29.7 Å². The van der Waals surface area contributed by atoms with Crippen molar-refractivity contribution in [3.63, 3.8) is 0 Å². The van der Waals surface area contributed by atoms with Crippen LogP contribution in [0, 0.1) is 5.92 Å². The van der Waals surface area contributed by atoms with Crippen molar-refractivity contribution in [2.75, 3.05) is 13.2 Å². The lowest BCUT2D eigenvalue weighted by molar-refractivity contribution is 0.102. The maximum Gasteiger partial charge on any atom is 0.0999 e. The van der Waals surface area contributed by atoms with E-state index >= 15 is 0 Å². The molecule has 0 radical (unpaired) electrons. The fraction of sp³-hybridized carbons (Fsp3) is 0.429. The summed E-state index contributed by atoms with van der Waals surface area (Å²) in [6.07, 6.45) is 13.1. The third kappa shape index (κ3) is 4.12. The van der Waals surface area contributed by atoms with Crippen LogP contribution in [0.2, 0.25) is 0 Å². The normalized spacial score (nSPS) is 17.1. The van der Waals surface area contributed by atoms with Crippen LogP contribution < -0.4 is 5.73 Å². The Balaban J connectivity index is 1.69. The highest BCUT2D eigenvalue weighted by Gasteiger charge is 2.31. The molecule has 0 aliphatic heterocycles. The first-order valence-electron chi connectivity index (χ1n) is 10.2. The molecule has 1 saturated carbocycles. The predicted octanol–water partition coefficient (Wildman–Crippen LogP) is 1.68. The quantitative estimate of drug-likeness (QED) is 0.462. The standard InChI is InChI=1S/C21H27N7O2/c1-2-19(14-3-4-14)27-11-16(9-25-27)21-20-5-6-24-28(20)12-18(26-21)15(7-22)8-23-10-17(30)13-29/h5-9,11-12,14,17,19,29-30H,2-4,10,13,22H2,1H3/t17?,19-/m0/s1. The number of nitrogens with zero attached hydrogens (tertiary/aromatic N) is 6. The number of aliphatic imine (C=N–C) groups is 1. The number of allylic oxidation sites excluding steroid dienone is 1. The molecule has 3 heterocycles. The van der Waals surface area contributed by atoms with Crippen LogP contribution in [0.4, 0.5) is 0 Å². The highest BCUT2D eigenvalue weighted by Crippen LogP contribution is 2.41. The van der Waals surface area contributed by atoms with Crippen LogP contribution in [0.5, 0.6) is 0 Å². The summed E-state index contributed by atoms with van der Waals surface area (Å²) < 4.78 is 3.82. The summed E-state index contributed by atoms with van der Waals surface area (Å²) in [5, 5.41) is 27.4. The zero-order valence-electron chi connectivity index (χ0n) is 17.0. The number of aromatic nitrogens is 5. The van der Waals surface area contributed by atoms with E-state index < -0.39 is 6.10 Å². The van der Waals surface area contributed by atoms with Gasteiger partial charge in [-0.15, -0.1) is 0 Å². The number of aliphatic hydroxyl groups is 2. The summed E-state index contributed by atoms with van der Waals surface area (Å²) in [7, 11) is 0. The Morgan fingerprint density at radius 2 is 2.20 bits per heavy atom. The van der Waals surface area contributed by atoms with Crippen molar-refractivity contribution in [3.05, 3.63) is 42.7 Å². The molecule has 3 aromatic rings. The molecule has 4 rings (SSSR count). The molecule has 0 aromatic carbocycles. The summed E-state index contributed by atoms with van der Waals surface area (Å²) in [6.45, 7) is 1.94. The van der Waals surface area contributed by atoms with Crippen LogP contribution >= 0.6 is 0 Å². The molecular weight excluding hydrogens is 382 g/mol. The van der Waals surface area contributed by atoms with Gasteiger partial charge in [-0.3, -0.25) is 9.67 Å². The van der Waals surface area contributed by atoms with E-state index in [0.717, 1.165) is 23.2 Å². The molecule has 9 heteroatoms. The van der Waals surface area contributed by atoms with Crippen molar-refractivity contribution >= 4 is 17.3 Å². The molecule has 4 N–H and O–H groups in total. The SMILES string of the molecule is CC[C@@H](C1CC1)n1cc(-c2nc(C(C=NCC(O)CO)=CN)cn3nccc23)cn1. The second-order valence-electron chi connectivity index (χ2n) is 7.61. The van der Waals surface area contributed by atoms with Gasteiger partial charge in [-0.1, -0.05) is 6.92 Å². The van der Waals surface area contributed by atoms with E-state index in [-0.39, 0.29) is 13.2 Å². The third-order valence-corrected chi connectivity index (χ3v) is 5.42. The molecule has 2 atom stereocenters. The second kappa shape index (κ2) is 8.76. The van der Waals surface area contributed by atoms with Gasteiger partial charge in [0.15, 0.2) is 0 Å². The largest absolute Gasteiger partial charge is 0.404 e. The molecule has 0 spiro atoms. The highest BCUT2D eigenvalue weighted by atomic mass is 16.3. The Labute approximate surface area is 174 Å². The minimum Gasteiger partial charge on any atom is -0.404 e. The van der Waals surface area contributed by atoms with Crippen molar-refractivity contribution in [2.24, 2.45) is 16.6 Å². The van der Waals surface area contributed by atoms with Gasteiger partial charge in [0.2, 0.25) is 0 Å². The van der Waals surface area contributed by atoms with Crippen LogP contribution in [-0.4, -0.2) is 60.1 Å². The van der Waals surface area contributed by atoms with Crippen LogP contribution in [0.25, 0.3) is 22.3 Å². The monoisotopic (exact) mass is 409 g/mol. The predicted molar refractivity (Wildman–Crippen MR) is 115 cm³/mol. The van der Waals surface area contributed by atoms with Crippen molar-refractivity contribution in [3.8, 4) is 11.3 Å². The number of hydrogen-bond donors (Lipinski definition) is 3. The van der Waals surface area contributed by atoms with E-state index in [4.69, 9.17) is 15.8 Å². The molecule has 0 amide bonds. The van der Waals surface area contributed by atoms with E-state index in [1.54, 1.807) is 23.1 Å². The van der Waals surface area contributed by atoms with Crippen molar-refractivity contribution in [1.29, 1.82) is 0 Å². The minimum atomic E-state index is -0.902. The molecule has 3 aromatic heterocycles. The Morgan fingerprint density at radius 1 is 1.37 bits per heavy atom. The Hall–Kier alpha value is -3.04. The van der Waals surface area contributed by atoms with Crippen LogP contribution in [-0.2, 0) is 0 Å². The summed E-state index contributed by atoms with van der Waals surface area (Å²) in [5.74, 6) is 0.717. The van der Waals surface area contributed by atoms with Crippen molar-refractivity contribution in [1.82, 2.24) is 24.4 Å². The van der Waals surface area contributed by atoms with E-state index in [9.17, 15) is 5.11 Å². The van der Waals surface area contributed by atoms with Gasteiger partial charge in [0.05, 0.1) is 60.8 Å². The molecule has 0 bridgehead atoms. The molecule has 1 fully saturated rings. The van der Waals surface area contributed by atoms with E-state index in [0.29, 0.717) is 23.2 Å². The van der Waals surface area contributed by atoms with Crippen molar-refractivity contribution in [2.45, 2.75) is 38.3 Å². The van der Waals surface area contributed by atoms with Gasteiger partial charge >= 0.3 is 0 Å². The van der Waals surface area contributed by atoms with Gasteiger partial charge in [-0.05, 0) is 31.2 Å². The highest BCUT2D eigenvalue weighted by molar-refractivity contribution is 6.09. The third-order valence-electron chi connectivity index (χ3n) is 5.42. The first kappa shape index (κ1) is 20.2. The van der Waals surface area contributed by atoms with Crippen LogP contribution in [0.1, 0.15) is 37.9 Å². The minimum absolute atomic E-state index is 0.0804. The maximum atomic E-state index is 9.48. The Morgan fingerprint density at radius 3 is 2.90 bits per heavy atom. The van der Waals surface area contributed by atoms with Gasteiger partial charge in [-0.25, -0.2) is 9.50 Å². The summed E-state index contributed by atoms with van der Waals surface area (Å²) in [6, 6.07) is 2.34. The molecule has 1 aliphatic carbocycles. The molecule has 0 saturated heterocycles. The number of nitrogens with two attached hydrogens (primary N) is 1. The number of aliphatic hydroxyl groups excluding tert-OH is 2. The average molecular weight is 409 g/mol. The lowest BCUT2D eigenvalue weighted by atomic mass is 10.1. The molecule has 1 unspecified atom stereocenters. The summed E-state index contributed by atoms with van der Waals surface area (Å²) >= 11 is 0. The lowest BCUT2D eigenvalue weighted by Crippen LogP contribution is -2.15. The Bertz CT molecular complexity index is 1060. The summed E-state index contributed by atoms with van der Waals surface area (Å²) in [4.78, 5) is 8.98. The fourth-order valence-electron chi connectivity index (χ4n) is 3.66. The smallest absolute Gasteiger partial charge is 0.0999 e. The molecule has 1 aliphatic rings. The van der Waals surface area contributed by atoms with E-state index in [2.05, 4.69) is 33.0 Å². The fourth-order valence-corrected chi connectivity index (χ4v) is 3.66. The van der Waals surface area contributed by atoms with Gasteiger partial charge in [0.25, 0.3) is 0 Å². The Kier molecular flexibility index (Phi) is 5.91. The van der Waals surface area contributed by atoms with Crippen molar-refractivity contribution < 1.29 is 10.2 Å². The van der Waals surface area contributed by atoms with Gasteiger partial charge in [0.1, 0.15) is 0 Å². The first-order chi connectivity index (χ1) is 14.6. The molecule has 9 nitrogen and oxygen atoms in total. The zero-order chi connectivity index (χ0) is 21.1.